The lowest BCUT2D eigenvalue weighted by molar-refractivity contribution is 0.415. The quantitative estimate of drug-likeness (QED) is 0.850. The molecule has 0 aliphatic carbocycles. The van der Waals surface area contributed by atoms with Crippen LogP contribution in [0.1, 0.15) is 25.8 Å². The van der Waals surface area contributed by atoms with Gasteiger partial charge in [0.15, 0.2) is 0 Å². The Labute approximate surface area is 115 Å². The number of methoxy groups -OCH3 is 1. The Hall–Kier alpha value is -1.54. The van der Waals surface area contributed by atoms with Crippen molar-refractivity contribution in [2.24, 2.45) is 0 Å². The molecule has 0 spiro atoms. The third kappa shape index (κ3) is 3.48. The molecule has 0 heterocycles. The van der Waals surface area contributed by atoms with Crippen LogP contribution in [0.2, 0.25) is 0 Å². The zero-order valence-corrected chi connectivity index (χ0v) is 12.1. The van der Waals surface area contributed by atoms with Crippen LogP contribution in [0.5, 0.6) is 5.75 Å². The fourth-order valence-corrected chi connectivity index (χ4v) is 2.41. The number of hydrogen-bond acceptors (Lipinski definition) is 2. The zero-order chi connectivity index (χ0) is 13.7. The standard InChI is InChI=1S/C17H23NO/c1-4-10-18-13(2)11-15-7-5-6-14-8-9-16(19-3)12-17(14)15/h5-9,12-13,18H,4,10-11H2,1-3H3. The first-order valence-electron chi connectivity index (χ1n) is 7.03. The molecule has 2 heteroatoms. The molecular formula is C17H23NO. The van der Waals surface area contributed by atoms with Crippen LogP contribution < -0.4 is 10.1 Å². The summed E-state index contributed by atoms with van der Waals surface area (Å²) in [6.07, 6.45) is 2.22. The topological polar surface area (TPSA) is 21.3 Å². The molecule has 1 unspecified atom stereocenters. The maximum absolute atomic E-state index is 5.33. The fraction of sp³-hybridized carbons (Fsp3) is 0.412. The maximum atomic E-state index is 5.33. The van der Waals surface area contributed by atoms with Crippen molar-refractivity contribution in [1.29, 1.82) is 0 Å². The first kappa shape index (κ1) is 13.9. The van der Waals surface area contributed by atoms with Crippen LogP contribution >= 0.6 is 0 Å². The number of benzene rings is 2. The van der Waals surface area contributed by atoms with E-state index in [0.717, 1.165) is 18.7 Å². The van der Waals surface area contributed by atoms with E-state index in [1.54, 1.807) is 7.11 Å². The van der Waals surface area contributed by atoms with Gasteiger partial charge in [-0.2, -0.15) is 0 Å². The van der Waals surface area contributed by atoms with E-state index in [-0.39, 0.29) is 0 Å². The van der Waals surface area contributed by atoms with Crippen molar-refractivity contribution >= 4 is 10.8 Å². The van der Waals surface area contributed by atoms with Crippen LogP contribution in [0, 0.1) is 0 Å². The molecule has 2 aromatic carbocycles. The molecule has 102 valence electrons. The van der Waals surface area contributed by atoms with Crippen LogP contribution in [0.15, 0.2) is 36.4 Å². The lowest BCUT2D eigenvalue weighted by Gasteiger charge is -2.15. The molecule has 1 N–H and O–H groups in total. The molecule has 2 rings (SSSR count). The molecule has 1 atom stereocenters. The van der Waals surface area contributed by atoms with Crippen molar-refractivity contribution in [3.63, 3.8) is 0 Å². The molecule has 2 aromatic rings. The second-order valence-corrected chi connectivity index (χ2v) is 5.06. The number of ether oxygens (including phenoxy) is 1. The summed E-state index contributed by atoms with van der Waals surface area (Å²) in [6.45, 7) is 5.52. The van der Waals surface area contributed by atoms with E-state index in [1.807, 2.05) is 6.07 Å². The van der Waals surface area contributed by atoms with Gasteiger partial charge in [0.25, 0.3) is 0 Å². The summed E-state index contributed by atoms with van der Waals surface area (Å²) in [7, 11) is 1.72. The number of rotatable bonds is 6. The van der Waals surface area contributed by atoms with Crippen molar-refractivity contribution in [2.45, 2.75) is 32.7 Å². The van der Waals surface area contributed by atoms with Crippen LogP contribution in [0.25, 0.3) is 10.8 Å². The highest BCUT2D eigenvalue weighted by Gasteiger charge is 2.07. The van der Waals surface area contributed by atoms with E-state index in [1.165, 1.54) is 22.8 Å². The van der Waals surface area contributed by atoms with Crippen LogP contribution in [0.4, 0.5) is 0 Å². The molecule has 0 aromatic heterocycles. The van der Waals surface area contributed by atoms with E-state index >= 15 is 0 Å². The molecule has 0 aliphatic rings. The molecule has 0 amide bonds. The molecule has 0 radical (unpaired) electrons. The van der Waals surface area contributed by atoms with Gasteiger partial charge in [-0.3, -0.25) is 0 Å². The molecule has 0 fully saturated rings. The van der Waals surface area contributed by atoms with Gasteiger partial charge in [0.1, 0.15) is 5.75 Å². The molecule has 0 saturated heterocycles. The first-order chi connectivity index (χ1) is 9.24. The molecular weight excluding hydrogens is 234 g/mol. The first-order valence-corrected chi connectivity index (χ1v) is 7.03. The van der Waals surface area contributed by atoms with Gasteiger partial charge in [-0.05, 0) is 54.8 Å². The lowest BCUT2D eigenvalue weighted by Crippen LogP contribution is -2.28. The lowest BCUT2D eigenvalue weighted by atomic mass is 9.99. The fourth-order valence-electron chi connectivity index (χ4n) is 2.41. The van der Waals surface area contributed by atoms with Gasteiger partial charge in [0, 0.05) is 6.04 Å². The summed E-state index contributed by atoms with van der Waals surface area (Å²) in [4.78, 5) is 0. The van der Waals surface area contributed by atoms with Crippen LogP contribution in [0.3, 0.4) is 0 Å². The van der Waals surface area contributed by atoms with Gasteiger partial charge in [-0.25, -0.2) is 0 Å². The zero-order valence-electron chi connectivity index (χ0n) is 12.1. The highest BCUT2D eigenvalue weighted by molar-refractivity contribution is 5.87. The SMILES string of the molecule is CCCNC(C)Cc1cccc2ccc(OC)cc12. The monoisotopic (exact) mass is 257 g/mol. The minimum absolute atomic E-state index is 0.497. The van der Waals surface area contributed by atoms with Gasteiger partial charge in [0.2, 0.25) is 0 Å². The predicted molar refractivity (Wildman–Crippen MR) is 82.0 cm³/mol. The highest BCUT2D eigenvalue weighted by atomic mass is 16.5. The van der Waals surface area contributed by atoms with Gasteiger partial charge in [-0.1, -0.05) is 31.2 Å². The second kappa shape index (κ2) is 6.58. The Kier molecular flexibility index (Phi) is 4.80. The third-order valence-corrected chi connectivity index (χ3v) is 3.45. The van der Waals surface area contributed by atoms with Crippen LogP contribution in [-0.2, 0) is 6.42 Å². The molecule has 19 heavy (non-hydrogen) atoms. The largest absolute Gasteiger partial charge is 0.497 e. The van der Waals surface area contributed by atoms with Crippen molar-refractivity contribution in [2.75, 3.05) is 13.7 Å². The van der Waals surface area contributed by atoms with Gasteiger partial charge in [-0.15, -0.1) is 0 Å². The molecule has 0 aliphatic heterocycles. The van der Waals surface area contributed by atoms with Gasteiger partial charge in [0.05, 0.1) is 7.11 Å². The summed E-state index contributed by atoms with van der Waals surface area (Å²) in [5.41, 5.74) is 1.38. The van der Waals surface area contributed by atoms with Gasteiger partial charge < -0.3 is 10.1 Å². The summed E-state index contributed by atoms with van der Waals surface area (Å²) < 4.78 is 5.33. The van der Waals surface area contributed by atoms with E-state index in [0.29, 0.717) is 6.04 Å². The molecule has 2 nitrogen and oxygen atoms in total. The van der Waals surface area contributed by atoms with Crippen molar-refractivity contribution in [3.8, 4) is 5.75 Å². The Morgan fingerprint density at radius 3 is 2.79 bits per heavy atom. The molecule has 0 saturated carbocycles. The third-order valence-electron chi connectivity index (χ3n) is 3.45. The Bertz CT molecular complexity index is 536. The number of fused-ring (bicyclic) bond motifs is 1. The highest BCUT2D eigenvalue weighted by Crippen LogP contribution is 2.24. The van der Waals surface area contributed by atoms with Crippen molar-refractivity contribution in [1.82, 2.24) is 5.32 Å². The maximum Gasteiger partial charge on any atom is 0.119 e. The molecule has 0 bridgehead atoms. The summed E-state index contributed by atoms with van der Waals surface area (Å²) in [5.74, 6) is 0.925. The van der Waals surface area contributed by atoms with Crippen LogP contribution in [-0.4, -0.2) is 19.7 Å². The van der Waals surface area contributed by atoms with E-state index < -0.39 is 0 Å². The number of nitrogens with one attached hydrogen (secondary N) is 1. The smallest absolute Gasteiger partial charge is 0.119 e. The Morgan fingerprint density at radius 1 is 1.21 bits per heavy atom. The van der Waals surface area contributed by atoms with Gasteiger partial charge >= 0.3 is 0 Å². The van der Waals surface area contributed by atoms with Crippen molar-refractivity contribution in [3.05, 3.63) is 42.0 Å². The Morgan fingerprint density at radius 2 is 2.05 bits per heavy atom. The minimum Gasteiger partial charge on any atom is -0.497 e. The summed E-state index contributed by atoms with van der Waals surface area (Å²) >= 11 is 0. The summed E-state index contributed by atoms with van der Waals surface area (Å²) in [5, 5.41) is 6.12. The van der Waals surface area contributed by atoms with E-state index in [4.69, 9.17) is 4.74 Å². The predicted octanol–water partition coefficient (Wildman–Crippen LogP) is 3.78. The van der Waals surface area contributed by atoms with E-state index in [9.17, 15) is 0 Å². The van der Waals surface area contributed by atoms with Crippen molar-refractivity contribution < 1.29 is 4.74 Å². The average Bonchev–Trinajstić information content (AvgIpc) is 2.45. The van der Waals surface area contributed by atoms with E-state index in [2.05, 4.69) is 49.5 Å². The average molecular weight is 257 g/mol. The number of hydrogen-bond donors (Lipinski definition) is 1. The second-order valence-electron chi connectivity index (χ2n) is 5.06. The minimum atomic E-state index is 0.497. The Balaban J connectivity index is 2.26. The summed E-state index contributed by atoms with van der Waals surface area (Å²) in [6, 6.07) is 13.3. The normalized spacial score (nSPS) is 12.6.